The van der Waals surface area contributed by atoms with E-state index in [1.807, 2.05) is 19.1 Å². The van der Waals surface area contributed by atoms with Crippen LogP contribution in [0.1, 0.15) is 42.4 Å². The van der Waals surface area contributed by atoms with E-state index >= 15 is 0 Å². The van der Waals surface area contributed by atoms with Gasteiger partial charge in [-0.25, -0.2) is 0 Å². The standard InChI is InChI=1S/C16H19N3O/c1-11-16(18-9-8-17-11)12(2)19-14-7-10-20-15-6-4-3-5-13(14)15/h3-6,8-9,12,14,19H,7,10H2,1-2H3. The molecule has 20 heavy (non-hydrogen) atoms. The lowest BCUT2D eigenvalue weighted by Gasteiger charge is -2.29. The molecule has 4 heteroatoms. The first-order valence-electron chi connectivity index (χ1n) is 7.01. The summed E-state index contributed by atoms with van der Waals surface area (Å²) >= 11 is 0. The van der Waals surface area contributed by atoms with Gasteiger partial charge < -0.3 is 10.1 Å². The third-order valence-electron chi connectivity index (χ3n) is 3.74. The van der Waals surface area contributed by atoms with Gasteiger partial charge in [0, 0.05) is 36.5 Å². The number of rotatable bonds is 3. The average molecular weight is 269 g/mol. The lowest BCUT2D eigenvalue weighted by molar-refractivity contribution is 0.245. The number of hydrogen-bond donors (Lipinski definition) is 1. The van der Waals surface area contributed by atoms with Crippen LogP contribution < -0.4 is 10.1 Å². The second kappa shape index (κ2) is 5.59. The second-order valence-electron chi connectivity index (χ2n) is 5.14. The van der Waals surface area contributed by atoms with Crippen molar-refractivity contribution in [3.63, 3.8) is 0 Å². The first kappa shape index (κ1) is 13.1. The first-order valence-corrected chi connectivity index (χ1v) is 7.01. The van der Waals surface area contributed by atoms with Crippen molar-refractivity contribution in [2.45, 2.75) is 32.4 Å². The topological polar surface area (TPSA) is 47.0 Å². The minimum Gasteiger partial charge on any atom is -0.493 e. The van der Waals surface area contributed by atoms with Crippen molar-refractivity contribution in [1.82, 2.24) is 15.3 Å². The van der Waals surface area contributed by atoms with Crippen molar-refractivity contribution < 1.29 is 4.74 Å². The molecule has 0 fully saturated rings. The Bertz CT molecular complexity index is 600. The number of nitrogens with one attached hydrogen (secondary N) is 1. The van der Waals surface area contributed by atoms with Crippen molar-refractivity contribution in [3.05, 3.63) is 53.6 Å². The van der Waals surface area contributed by atoms with E-state index in [0.717, 1.165) is 30.2 Å². The molecule has 0 bridgehead atoms. The highest BCUT2D eigenvalue weighted by Crippen LogP contribution is 2.33. The van der Waals surface area contributed by atoms with Crippen LogP contribution in [-0.2, 0) is 0 Å². The second-order valence-corrected chi connectivity index (χ2v) is 5.14. The number of fused-ring (bicyclic) bond motifs is 1. The summed E-state index contributed by atoms with van der Waals surface area (Å²) < 4.78 is 5.70. The minimum atomic E-state index is 0.167. The average Bonchev–Trinajstić information content (AvgIpc) is 2.48. The van der Waals surface area contributed by atoms with Crippen molar-refractivity contribution in [2.24, 2.45) is 0 Å². The molecule has 2 atom stereocenters. The van der Waals surface area contributed by atoms with E-state index in [1.165, 1.54) is 5.56 Å². The molecule has 1 aromatic heterocycles. The molecule has 2 unspecified atom stereocenters. The van der Waals surface area contributed by atoms with E-state index in [-0.39, 0.29) is 6.04 Å². The maximum Gasteiger partial charge on any atom is 0.124 e. The lowest BCUT2D eigenvalue weighted by Crippen LogP contribution is -2.30. The van der Waals surface area contributed by atoms with Crippen LogP contribution in [-0.4, -0.2) is 16.6 Å². The summed E-state index contributed by atoms with van der Waals surface area (Å²) in [7, 11) is 0. The molecule has 0 amide bonds. The van der Waals surface area contributed by atoms with E-state index in [2.05, 4.69) is 34.3 Å². The van der Waals surface area contributed by atoms with Gasteiger partial charge in [0.2, 0.25) is 0 Å². The molecular formula is C16H19N3O. The minimum absolute atomic E-state index is 0.167. The number of aromatic nitrogens is 2. The van der Waals surface area contributed by atoms with Crippen molar-refractivity contribution >= 4 is 0 Å². The fraction of sp³-hybridized carbons (Fsp3) is 0.375. The third-order valence-corrected chi connectivity index (χ3v) is 3.74. The smallest absolute Gasteiger partial charge is 0.124 e. The van der Waals surface area contributed by atoms with Crippen LogP contribution in [0.3, 0.4) is 0 Å². The van der Waals surface area contributed by atoms with Crippen molar-refractivity contribution in [1.29, 1.82) is 0 Å². The molecule has 1 aliphatic rings. The summed E-state index contributed by atoms with van der Waals surface area (Å²) in [6.07, 6.45) is 4.45. The Morgan fingerprint density at radius 2 is 2.05 bits per heavy atom. The molecule has 0 saturated carbocycles. The molecule has 0 saturated heterocycles. The van der Waals surface area contributed by atoms with Crippen LogP contribution in [0, 0.1) is 6.92 Å². The van der Waals surface area contributed by atoms with Gasteiger partial charge in [0.05, 0.1) is 18.0 Å². The highest BCUT2D eigenvalue weighted by atomic mass is 16.5. The monoisotopic (exact) mass is 269 g/mol. The fourth-order valence-electron chi connectivity index (χ4n) is 2.74. The van der Waals surface area contributed by atoms with Gasteiger partial charge in [0.15, 0.2) is 0 Å². The first-order chi connectivity index (χ1) is 9.75. The van der Waals surface area contributed by atoms with Crippen LogP contribution in [0.2, 0.25) is 0 Å². The molecule has 1 N–H and O–H groups in total. The zero-order chi connectivity index (χ0) is 13.9. The zero-order valence-electron chi connectivity index (χ0n) is 11.8. The summed E-state index contributed by atoms with van der Waals surface area (Å²) in [6, 6.07) is 8.69. The quantitative estimate of drug-likeness (QED) is 0.930. The molecule has 2 heterocycles. The number of ether oxygens (including phenoxy) is 1. The van der Waals surface area contributed by atoms with Gasteiger partial charge in [-0.05, 0) is 19.9 Å². The normalized spacial score (nSPS) is 19.0. The van der Waals surface area contributed by atoms with E-state index in [1.54, 1.807) is 12.4 Å². The summed E-state index contributed by atoms with van der Waals surface area (Å²) in [5, 5.41) is 3.65. The highest BCUT2D eigenvalue weighted by Gasteiger charge is 2.23. The van der Waals surface area contributed by atoms with Gasteiger partial charge in [-0.15, -0.1) is 0 Å². The Labute approximate surface area is 119 Å². The number of hydrogen-bond acceptors (Lipinski definition) is 4. The Kier molecular flexibility index (Phi) is 3.65. The van der Waals surface area contributed by atoms with Gasteiger partial charge in [-0.1, -0.05) is 18.2 Å². The Morgan fingerprint density at radius 1 is 1.25 bits per heavy atom. The van der Waals surface area contributed by atoms with E-state index in [9.17, 15) is 0 Å². The predicted molar refractivity (Wildman–Crippen MR) is 77.6 cm³/mol. The predicted octanol–water partition coefficient (Wildman–Crippen LogP) is 2.96. The molecule has 104 valence electrons. The Balaban J connectivity index is 1.81. The molecule has 1 aliphatic heterocycles. The van der Waals surface area contributed by atoms with Crippen LogP contribution >= 0.6 is 0 Å². The van der Waals surface area contributed by atoms with Gasteiger partial charge in [0.25, 0.3) is 0 Å². The van der Waals surface area contributed by atoms with E-state index < -0.39 is 0 Å². The van der Waals surface area contributed by atoms with Crippen molar-refractivity contribution in [2.75, 3.05) is 6.61 Å². The van der Waals surface area contributed by atoms with Crippen molar-refractivity contribution in [3.8, 4) is 5.75 Å². The summed E-state index contributed by atoms with van der Waals surface area (Å²) in [5.41, 5.74) is 3.22. The van der Waals surface area contributed by atoms with Crippen LogP contribution in [0.5, 0.6) is 5.75 Å². The number of aryl methyl sites for hydroxylation is 1. The molecule has 2 aromatic rings. The van der Waals surface area contributed by atoms with E-state index in [4.69, 9.17) is 4.74 Å². The molecule has 0 radical (unpaired) electrons. The van der Waals surface area contributed by atoms with Gasteiger partial charge in [0.1, 0.15) is 5.75 Å². The maximum absolute atomic E-state index is 5.70. The van der Waals surface area contributed by atoms with Gasteiger partial charge in [-0.3, -0.25) is 9.97 Å². The van der Waals surface area contributed by atoms with E-state index in [0.29, 0.717) is 6.04 Å². The maximum atomic E-state index is 5.70. The van der Waals surface area contributed by atoms with Crippen LogP contribution in [0.25, 0.3) is 0 Å². The Morgan fingerprint density at radius 3 is 2.90 bits per heavy atom. The molecule has 3 rings (SSSR count). The SMILES string of the molecule is Cc1nccnc1C(C)NC1CCOc2ccccc21. The number of nitrogens with zero attached hydrogens (tertiary/aromatic N) is 2. The largest absolute Gasteiger partial charge is 0.493 e. The summed E-state index contributed by atoms with van der Waals surface area (Å²) in [5.74, 6) is 0.985. The lowest BCUT2D eigenvalue weighted by atomic mass is 9.99. The van der Waals surface area contributed by atoms with Gasteiger partial charge >= 0.3 is 0 Å². The number of benzene rings is 1. The van der Waals surface area contributed by atoms with Crippen LogP contribution in [0.4, 0.5) is 0 Å². The molecule has 1 aromatic carbocycles. The molecule has 0 spiro atoms. The van der Waals surface area contributed by atoms with Crippen LogP contribution in [0.15, 0.2) is 36.7 Å². The molecular weight excluding hydrogens is 250 g/mol. The third kappa shape index (κ3) is 2.51. The summed E-state index contributed by atoms with van der Waals surface area (Å²) in [6.45, 7) is 4.88. The molecule has 0 aliphatic carbocycles. The fourth-order valence-corrected chi connectivity index (χ4v) is 2.74. The van der Waals surface area contributed by atoms with Gasteiger partial charge in [-0.2, -0.15) is 0 Å². The Hall–Kier alpha value is -1.94. The summed E-state index contributed by atoms with van der Waals surface area (Å²) in [4.78, 5) is 8.75. The number of para-hydroxylation sites is 1. The molecule has 4 nitrogen and oxygen atoms in total. The zero-order valence-corrected chi connectivity index (χ0v) is 11.8. The highest BCUT2D eigenvalue weighted by molar-refractivity contribution is 5.37.